The van der Waals surface area contributed by atoms with Gasteiger partial charge in [0.25, 0.3) is 0 Å². The lowest BCUT2D eigenvalue weighted by Gasteiger charge is -2.39. The average molecular weight is 451 g/mol. The summed E-state index contributed by atoms with van der Waals surface area (Å²) < 4.78 is 10.9. The Balaban J connectivity index is 2.13. The fourth-order valence-corrected chi connectivity index (χ4v) is 3.71. The van der Waals surface area contributed by atoms with Gasteiger partial charge in [-0.25, -0.2) is 0 Å². The summed E-state index contributed by atoms with van der Waals surface area (Å²) in [6.45, 7) is 17.5. The number of hydrogen-bond donors (Lipinski definition) is 1. The largest absolute Gasteiger partial charge is 0.491 e. The summed E-state index contributed by atoms with van der Waals surface area (Å²) >= 11 is 6.57. The standard InChI is InChI=1S/C25H39ClN2O3/c1-8-30-22(29)10-9-13-28-15-19(25(5,6)7)23(27-17-28)18-11-12-21(20(26)14-18)31-16-24(2,3)4/h11-12,14-15,23,27H,8-10,13,16-17H2,1-7H3. The van der Waals surface area contributed by atoms with Crippen LogP contribution in [0.1, 0.15) is 72.9 Å². The van der Waals surface area contributed by atoms with Crippen molar-refractivity contribution in [3.63, 3.8) is 0 Å². The van der Waals surface area contributed by atoms with Crippen molar-refractivity contribution in [2.45, 2.75) is 67.3 Å². The Labute approximate surface area is 193 Å². The van der Waals surface area contributed by atoms with Gasteiger partial charge in [0.15, 0.2) is 0 Å². The van der Waals surface area contributed by atoms with Gasteiger partial charge >= 0.3 is 5.97 Å². The third-order valence-corrected chi connectivity index (χ3v) is 5.37. The summed E-state index contributed by atoms with van der Waals surface area (Å²) in [5.74, 6) is 0.590. The summed E-state index contributed by atoms with van der Waals surface area (Å²) in [4.78, 5) is 13.8. The SMILES string of the molecule is CCOC(=O)CCCN1C=C(C(C)(C)C)C(c2ccc(OCC(C)(C)C)c(Cl)c2)NC1. The van der Waals surface area contributed by atoms with E-state index in [-0.39, 0.29) is 22.8 Å². The Kier molecular flexibility index (Phi) is 8.84. The van der Waals surface area contributed by atoms with Crippen molar-refractivity contribution in [1.29, 1.82) is 0 Å². The molecule has 0 saturated carbocycles. The van der Waals surface area contributed by atoms with E-state index in [2.05, 4.69) is 64.0 Å². The van der Waals surface area contributed by atoms with Gasteiger partial charge in [0.1, 0.15) is 5.75 Å². The van der Waals surface area contributed by atoms with Crippen LogP contribution in [0.5, 0.6) is 5.75 Å². The zero-order valence-corrected chi connectivity index (χ0v) is 20.9. The summed E-state index contributed by atoms with van der Waals surface area (Å²) in [7, 11) is 0. The van der Waals surface area contributed by atoms with Gasteiger partial charge in [-0.05, 0) is 47.4 Å². The summed E-state index contributed by atoms with van der Waals surface area (Å²) in [6, 6.07) is 6.15. The molecule has 2 rings (SSSR count). The number of carbonyl (C=O) groups is 1. The van der Waals surface area contributed by atoms with E-state index in [1.54, 1.807) is 0 Å². The van der Waals surface area contributed by atoms with Gasteiger partial charge in [-0.1, -0.05) is 59.2 Å². The highest BCUT2D eigenvalue weighted by Gasteiger charge is 2.30. The van der Waals surface area contributed by atoms with E-state index < -0.39 is 0 Å². The minimum absolute atomic E-state index is 0.0225. The van der Waals surface area contributed by atoms with Crippen LogP contribution in [0, 0.1) is 10.8 Å². The second-order valence-electron chi connectivity index (χ2n) is 10.4. The molecule has 0 aliphatic carbocycles. The molecule has 1 aliphatic rings. The van der Waals surface area contributed by atoms with E-state index in [0.717, 1.165) is 24.3 Å². The predicted octanol–water partition coefficient (Wildman–Crippen LogP) is 5.94. The molecule has 1 aromatic rings. The first-order chi connectivity index (χ1) is 14.4. The number of halogens is 1. The van der Waals surface area contributed by atoms with Crippen molar-refractivity contribution in [3.05, 3.63) is 40.6 Å². The van der Waals surface area contributed by atoms with Crippen LogP contribution in [0.25, 0.3) is 0 Å². The molecule has 1 aromatic carbocycles. The zero-order chi connectivity index (χ0) is 23.2. The van der Waals surface area contributed by atoms with Gasteiger partial charge in [-0.3, -0.25) is 10.1 Å². The average Bonchev–Trinajstić information content (AvgIpc) is 2.66. The van der Waals surface area contributed by atoms with Gasteiger partial charge in [-0.2, -0.15) is 0 Å². The minimum atomic E-state index is -0.131. The molecule has 0 bridgehead atoms. The molecule has 0 fully saturated rings. The normalized spacial score (nSPS) is 17.4. The van der Waals surface area contributed by atoms with Crippen molar-refractivity contribution >= 4 is 17.6 Å². The third-order valence-electron chi connectivity index (χ3n) is 5.08. The molecule has 0 spiro atoms. The predicted molar refractivity (Wildman–Crippen MR) is 127 cm³/mol. The van der Waals surface area contributed by atoms with E-state index in [0.29, 0.717) is 31.3 Å². The van der Waals surface area contributed by atoms with Crippen molar-refractivity contribution in [3.8, 4) is 5.75 Å². The maximum atomic E-state index is 11.6. The second-order valence-corrected chi connectivity index (χ2v) is 10.8. The van der Waals surface area contributed by atoms with E-state index in [9.17, 15) is 4.79 Å². The molecule has 6 heteroatoms. The molecule has 1 heterocycles. The van der Waals surface area contributed by atoms with Gasteiger partial charge in [-0.15, -0.1) is 0 Å². The van der Waals surface area contributed by atoms with Crippen molar-refractivity contribution < 1.29 is 14.3 Å². The van der Waals surface area contributed by atoms with Gasteiger partial charge in [0.05, 0.1) is 30.9 Å². The first-order valence-electron chi connectivity index (χ1n) is 11.2. The van der Waals surface area contributed by atoms with E-state index in [1.807, 2.05) is 19.1 Å². The van der Waals surface area contributed by atoms with E-state index >= 15 is 0 Å². The first kappa shape index (κ1) is 25.5. The smallest absolute Gasteiger partial charge is 0.305 e. The van der Waals surface area contributed by atoms with Crippen molar-refractivity contribution in [2.24, 2.45) is 10.8 Å². The molecule has 0 saturated heterocycles. The summed E-state index contributed by atoms with van der Waals surface area (Å²) in [6.07, 6.45) is 3.45. The zero-order valence-electron chi connectivity index (χ0n) is 20.2. The molecule has 5 nitrogen and oxygen atoms in total. The lowest BCUT2D eigenvalue weighted by molar-refractivity contribution is -0.143. The summed E-state index contributed by atoms with van der Waals surface area (Å²) in [5.41, 5.74) is 2.46. The van der Waals surface area contributed by atoms with Crippen LogP contribution in [-0.4, -0.2) is 37.3 Å². The molecule has 0 amide bonds. The molecule has 0 aromatic heterocycles. The quantitative estimate of drug-likeness (QED) is 0.496. The van der Waals surface area contributed by atoms with Crippen LogP contribution >= 0.6 is 11.6 Å². The van der Waals surface area contributed by atoms with Crippen LogP contribution < -0.4 is 10.1 Å². The molecule has 1 atom stereocenters. The molecular formula is C25H39ClN2O3. The molecule has 1 aliphatic heterocycles. The second kappa shape index (κ2) is 10.7. The highest BCUT2D eigenvalue weighted by atomic mass is 35.5. The molecule has 31 heavy (non-hydrogen) atoms. The number of nitrogens with one attached hydrogen (secondary N) is 1. The third kappa shape index (κ3) is 8.04. The van der Waals surface area contributed by atoms with Crippen molar-refractivity contribution in [2.75, 3.05) is 26.4 Å². The highest BCUT2D eigenvalue weighted by Crippen LogP contribution is 2.40. The first-order valence-corrected chi connectivity index (χ1v) is 11.6. The fourth-order valence-electron chi connectivity index (χ4n) is 3.47. The monoisotopic (exact) mass is 450 g/mol. The minimum Gasteiger partial charge on any atom is -0.491 e. The van der Waals surface area contributed by atoms with Crippen molar-refractivity contribution in [1.82, 2.24) is 10.2 Å². The fraction of sp³-hybridized carbons (Fsp3) is 0.640. The number of nitrogens with zero attached hydrogens (tertiary/aromatic N) is 1. The Hall–Kier alpha value is -1.72. The number of esters is 1. The van der Waals surface area contributed by atoms with Gasteiger partial charge in [0, 0.05) is 19.2 Å². The number of rotatable bonds is 8. The number of benzene rings is 1. The van der Waals surface area contributed by atoms with Crippen LogP contribution in [0.3, 0.4) is 0 Å². The number of carbonyl (C=O) groups excluding carboxylic acids is 1. The van der Waals surface area contributed by atoms with E-state index in [1.165, 1.54) is 5.57 Å². The van der Waals surface area contributed by atoms with Gasteiger partial charge < -0.3 is 14.4 Å². The Morgan fingerprint density at radius 1 is 1.23 bits per heavy atom. The topological polar surface area (TPSA) is 50.8 Å². The van der Waals surface area contributed by atoms with Crippen LogP contribution in [0.15, 0.2) is 30.0 Å². The highest BCUT2D eigenvalue weighted by molar-refractivity contribution is 6.32. The lowest BCUT2D eigenvalue weighted by atomic mass is 9.79. The maximum absolute atomic E-state index is 11.6. The Bertz CT molecular complexity index is 778. The van der Waals surface area contributed by atoms with Crippen LogP contribution in [0.2, 0.25) is 5.02 Å². The molecule has 1 N–H and O–H groups in total. The molecule has 1 unspecified atom stereocenters. The number of ether oxygens (including phenoxy) is 2. The van der Waals surface area contributed by atoms with Crippen LogP contribution in [0.4, 0.5) is 0 Å². The number of hydrogen-bond acceptors (Lipinski definition) is 5. The van der Waals surface area contributed by atoms with E-state index in [4.69, 9.17) is 21.1 Å². The Morgan fingerprint density at radius 3 is 2.52 bits per heavy atom. The lowest BCUT2D eigenvalue weighted by Crippen LogP contribution is -2.42. The van der Waals surface area contributed by atoms with Gasteiger partial charge in [0.2, 0.25) is 0 Å². The maximum Gasteiger partial charge on any atom is 0.305 e. The summed E-state index contributed by atoms with van der Waals surface area (Å²) in [5, 5.41) is 4.28. The van der Waals surface area contributed by atoms with Crippen LogP contribution in [-0.2, 0) is 9.53 Å². The molecular weight excluding hydrogens is 412 g/mol. The molecule has 174 valence electrons. The molecule has 0 radical (unpaired) electrons. The Morgan fingerprint density at radius 2 is 1.94 bits per heavy atom.